The number of carbonyl (C=O) groups excluding carboxylic acids is 1. The van der Waals surface area contributed by atoms with E-state index in [2.05, 4.69) is 4.90 Å². The number of rotatable bonds is 4. The number of piperazine rings is 1. The van der Waals surface area contributed by atoms with Gasteiger partial charge in [0.2, 0.25) is 0 Å². The SMILES string of the molecule is Cc1c(C(=O)N2CCN(c3cc(C)c4ccccc4n3)CC2)cc([N+](=O)[O-])cc1[N+](=O)[O-]. The van der Waals surface area contributed by atoms with Crippen molar-refractivity contribution >= 4 is 34.0 Å². The summed E-state index contributed by atoms with van der Waals surface area (Å²) in [7, 11) is 0. The second-order valence-corrected chi connectivity index (χ2v) is 7.75. The molecule has 32 heavy (non-hydrogen) atoms. The third-order valence-electron chi connectivity index (χ3n) is 5.80. The molecule has 0 bridgehead atoms. The van der Waals surface area contributed by atoms with Crippen LogP contribution in [0.25, 0.3) is 10.9 Å². The number of pyridine rings is 1. The first-order chi connectivity index (χ1) is 15.3. The Morgan fingerprint density at radius 3 is 2.31 bits per heavy atom. The molecule has 2 aromatic carbocycles. The Balaban J connectivity index is 1.56. The molecule has 1 aliphatic heterocycles. The number of carbonyl (C=O) groups is 1. The van der Waals surface area contributed by atoms with E-state index < -0.39 is 27.1 Å². The van der Waals surface area contributed by atoms with Gasteiger partial charge in [-0.2, -0.15) is 0 Å². The van der Waals surface area contributed by atoms with Gasteiger partial charge in [0.05, 0.1) is 27.0 Å². The molecular formula is C22H21N5O5. The van der Waals surface area contributed by atoms with Crippen LogP contribution in [0.2, 0.25) is 0 Å². The Morgan fingerprint density at radius 2 is 1.66 bits per heavy atom. The van der Waals surface area contributed by atoms with Crippen molar-refractivity contribution in [2.75, 3.05) is 31.1 Å². The van der Waals surface area contributed by atoms with Gasteiger partial charge in [0.1, 0.15) is 5.82 Å². The predicted octanol–water partition coefficient (Wildman–Crippen LogP) is 3.63. The second kappa shape index (κ2) is 8.22. The number of nitrogens with zero attached hydrogens (tertiary/aromatic N) is 5. The van der Waals surface area contributed by atoms with Gasteiger partial charge in [-0.05, 0) is 31.5 Å². The maximum absolute atomic E-state index is 13.1. The lowest BCUT2D eigenvalue weighted by Gasteiger charge is -2.35. The highest BCUT2D eigenvalue weighted by Crippen LogP contribution is 2.29. The third kappa shape index (κ3) is 3.82. The monoisotopic (exact) mass is 435 g/mol. The van der Waals surface area contributed by atoms with Crippen LogP contribution in [0.1, 0.15) is 21.5 Å². The number of hydrogen-bond donors (Lipinski definition) is 0. The van der Waals surface area contributed by atoms with Crippen LogP contribution in [0.4, 0.5) is 17.2 Å². The van der Waals surface area contributed by atoms with Crippen LogP contribution in [0.15, 0.2) is 42.5 Å². The first-order valence-electron chi connectivity index (χ1n) is 10.1. The van der Waals surface area contributed by atoms with E-state index in [0.29, 0.717) is 26.2 Å². The van der Waals surface area contributed by atoms with Crippen molar-refractivity contribution in [1.82, 2.24) is 9.88 Å². The summed E-state index contributed by atoms with van der Waals surface area (Å²) in [4.78, 5) is 42.6. The van der Waals surface area contributed by atoms with Crippen LogP contribution in [-0.2, 0) is 0 Å². The van der Waals surface area contributed by atoms with E-state index in [-0.39, 0.29) is 11.1 Å². The van der Waals surface area contributed by atoms with Crippen LogP contribution in [0.3, 0.4) is 0 Å². The molecule has 1 saturated heterocycles. The number of nitro groups is 2. The van der Waals surface area contributed by atoms with Crippen molar-refractivity contribution in [3.8, 4) is 0 Å². The highest BCUT2D eigenvalue weighted by Gasteiger charge is 2.29. The van der Waals surface area contributed by atoms with Gasteiger partial charge in [0.25, 0.3) is 17.3 Å². The average molecular weight is 435 g/mol. The quantitative estimate of drug-likeness (QED) is 0.453. The fraction of sp³-hybridized carbons (Fsp3) is 0.273. The summed E-state index contributed by atoms with van der Waals surface area (Å²) in [6.07, 6.45) is 0. The Morgan fingerprint density at radius 1 is 0.969 bits per heavy atom. The van der Waals surface area contributed by atoms with E-state index in [1.54, 1.807) is 4.90 Å². The molecule has 10 nitrogen and oxygen atoms in total. The molecule has 0 spiro atoms. The van der Waals surface area contributed by atoms with Crippen LogP contribution >= 0.6 is 0 Å². The van der Waals surface area contributed by atoms with E-state index in [9.17, 15) is 25.0 Å². The standard InChI is InChI=1S/C22H21N5O5/c1-14-11-21(23-19-6-4-3-5-17(14)19)24-7-9-25(10-8-24)22(28)18-12-16(26(29)30)13-20(15(18)2)27(31)32/h3-6,11-13H,7-10H2,1-2H3. The normalized spacial score (nSPS) is 13.9. The lowest BCUT2D eigenvalue weighted by molar-refractivity contribution is -0.394. The summed E-state index contributed by atoms with van der Waals surface area (Å²) in [5, 5.41) is 23.6. The molecule has 0 aliphatic carbocycles. The largest absolute Gasteiger partial charge is 0.353 e. The first-order valence-corrected chi connectivity index (χ1v) is 10.1. The van der Waals surface area contributed by atoms with Gasteiger partial charge in [0, 0.05) is 43.2 Å². The average Bonchev–Trinajstić information content (AvgIpc) is 2.78. The van der Waals surface area contributed by atoms with Crippen molar-refractivity contribution in [1.29, 1.82) is 0 Å². The van der Waals surface area contributed by atoms with Gasteiger partial charge < -0.3 is 9.80 Å². The molecule has 0 saturated carbocycles. The van der Waals surface area contributed by atoms with Crippen molar-refractivity contribution in [3.63, 3.8) is 0 Å². The fourth-order valence-electron chi connectivity index (χ4n) is 4.00. The van der Waals surface area contributed by atoms with E-state index in [0.717, 1.165) is 34.4 Å². The maximum Gasteiger partial charge on any atom is 0.279 e. The van der Waals surface area contributed by atoms with E-state index in [4.69, 9.17) is 4.98 Å². The molecule has 4 rings (SSSR count). The second-order valence-electron chi connectivity index (χ2n) is 7.75. The van der Waals surface area contributed by atoms with Crippen molar-refractivity contribution in [2.45, 2.75) is 13.8 Å². The van der Waals surface area contributed by atoms with Crippen molar-refractivity contribution in [2.24, 2.45) is 0 Å². The summed E-state index contributed by atoms with van der Waals surface area (Å²) in [6, 6.07) is 11.9. The summed E-state index contributed by atoms with van der Waals surface area (Å²) >= 11 is 0. The molecule has 2 heterocycles. The molecule has 1 aromatic heterocycles. The number of amides is 1. The van der Waals surface area contributed by atoms with E-state index in [1.807, 2.05) is 37.3 Å². The third-order valence-corrected chi connectivity index (χ3v) is 5.80. The number of non-ortho nitro benzene ring substituents is 1. The zero-order valence-corrected chi connectivity index (χ0v) is 17.6. The molecule has 0 radical (unpaired) electrons. The highest BCUT2D eigenvalue weighted by atomic mass is 16.6. The van der Waals surface area contributed by atoms with Crippen LogP contribution in [0, 0.1) is 34.1 Å². The molecule has 10 heteroatoms. The molecule has 3 aromatic rings. The number of nitro benzene ring substituents is 2. The predicted molar refractivity (Wildman–Crippen MR) is 119 cm³/mol. The Labute approximate surface area is 183 Å². The minimum Gasteiger partial charge on any atom is -0.353 e. The number of benzene rings is 2. The van der Waals surface area contributed by atoms with Crippen molar-refractivity contribution < 1.29 is 14.6 Å². The first kappa shape index (κ1) is 21.2. The zero-order valence-electron chi connectivity index (χ0n) is 17.6. The van der Waals surface area contributed by atoms with Gasteiger partial charge in [-0.3, -0.25) is 25.0 Å². The molecule has 1 amide bonds. The van der Waals surface area contributed by atoms with E-state index >= 15 is 0 Å². The van der Waals surface area contributed by atoms with Gasteiger partial charge in [0.15, 0.2) is 0 Å². The van der Waals surface area contributed by atoms with Gasteiger partial charge in [-0.15, -0.1) is 0 Å². The van der Waals surface area contributed by atoms with Crippen molar-refractivity contribution in [3.05, 3.63) is 79.4 Å². The molecule has 1 fully saturated rings. The maximum atomic E-state index is 13.1. The molecule has 0 atom stereocenters. The molecule has 0 unspecified atom stereocenters. The minimum absolute atomic E-state index is 0.0148. The smallest absolute Gasteiger partial charge is 0.279 e. The van der Waals surface area contributed by atoms with Crippen LogP contribution in [0.5, 0.6) is 0 Å². The summed E-state index contributed by atoms with van der Waals surface area (Å²) in [5.74, 6) is 0.382. The number of para-hydroxylation sites is 1. The van der Waals surface area contributed by atoms with Gasteiger partial charge >= 0.3 is 0 Å². The molecule has 164 valence electrons. The Hall–Kier alpha value is -4.08. The van der Waals surface area contributed by atoms with Crippen LogP contribution in [-0.4, -0.2) is 51.8 Å². The fourth-order valence-corrected chi connectivity index (χ4v) is 4.00. The lowest BCUT2D eigenvalue weighted by atomic mass is 10.0. The number of aryl methyl sites for hydroxylation is 1. The Kier molecular flexibility index (Phi) is 5.43. The summed E-state index contributed by atoms with van der Waals surface area (Å²) in [6.45, 7) is 5.29. The summed E-state index contributed by atoms with van der Waals surface area (Å²) in [5.41, 5.74) is 1.22. The minimum atomic E-state index is -0.727. The lowest BCUT2D eigenvalue weighted by Crippen LogP contribution is -2.49. The van der Waals surface area contributed by atoms with E-state index in [1.165, 1.54) is 6.92 Å². The number of aromatic nitrogens is 1. The number of hydrogen-bond acceptors (Lipinski definition) is 7. The topological polar surface area (TPSA) is 123 Å². The molecule has 1 aliphatic rings. The zero-order chi connectivity index (χ0) is 23.0. The van der Waals surface area contributed by atoms with Crippen LogP contribution < -0.4 is 4.90 Å². The van der Waals surface area contributed by atoms with Gasteiger partial charge in [-0.1, -0.05) is 18.2 Å². The molecule has 0 N–H and O–H groups in total. The summed E-state index contributed by atoms with van der Waals surface area (Å²) < 4.78 is 0. The number of fused-ring (bicyclic) bond motifs is 1. The highest BCUT2D eigenvalue weighted by molar-refractivity contribution is 5.97. The Bertz CT molecular complexity index is 1250. The molecular weight excluding hydrogens is 414 g/mol. The van der Waals surface area contributed by atoms with Gasteiger partial charge in [-0.25, -0.2) is 4.98 Å². The number of anilines is 1.